The number of sulfonamides is 1. The second kappa shape index (κ2) is 5.52. The van der Waals surface area contributed by atoms with Crippen LogP contribution in [0.2, 0.25) is 0 Å². The average Bonchev–Trinajstić information content (AvgIpc) is 2.79. The van der Waals surface area contributed by atoms with Crippen molar-refractivity contribution in [2.45, 2.75) is 42.4 Å². The molecule has 0 amide bonds. The Morgan fingerprint density at radius 1 is 1.53 bits per heavy atom. The number of hydrogen-bond donors (Lipinski definition) is 1. The lowest BCUT2D eigenvalue weighted by molar-refractivity contribution is 0.278. The number of nitrogens with zero attached hydrogens (tertiary/aromatic N) is 1. The highest BCUT2D eigenvalue weighted by Gasteiger charge is 2.39. The van der Waals surface area contributed by atoms with Gasteiger partial charge in [0.25, 0.3) is 10.0 Å². The zero-order chi connectivity index (χ0) is 14.1. The molecule has 1 heterocycles. The fourth-order valence-corrected chi connectivity index (χ4v) is 5.98. The number of halogens is 1. The minimum atomic E-state index is -3.64. The normalized spacial score (nSPS) is 27.9. The maximum Gasteiger partial charge on any atom is 0.252 e. The summed E-state index contributed by atoms with van der Waals surface area (Å²) in [5.41, 5.74) is -0.950. The highest BCUT2D eigenvalue weighted by Crippen LogP contribution is 2.34. The average molecular weight is 363 g/mol. The van der Waals surface area contributed by atoms with E-state index in [4.69, 9.17) is 0 Å². The summed E-state index contributed by atoms with van der Waals surface area (Å²) in [5.74, 6) is 0.555. The van der Waals surface area contributed by atoms with Crippen LogP contribution in [0, 0.1) is 17.2 Å². The summed E-state index contributed by atoms with van der Waals surface area (Å²) in [4.78, 5) is 0. The van der Waals surface area contributed by atoms with E-state index >= 15 is 0 Å². The first kappa shape index (κ1) is 15.0. The molecule has 1 saturated carbocycles. The van der Waals surface area contributed by atoms with Crippen LogP contribution in [0.15, 0.2) is 20.1 Å². The van der Waals surface area contributed by atoms with Crippen LogP contribution >= 0.6 is 27.3 Å². The molecule has 4 nitrogen and oxygen atoms in total. The molecular formula is C12H15BrN2O2S2. The van der Waals surface area contributed by atoms with Gasteiger partial charge in [-0.05, 0) is 59.0 Å². The Bertz CT molecular complexity index is 595. The van der Waals surface area contributed by atoms with Gasteiger partial charge in [-0.15, -0.1) is 11.3 Å². The van der Waals surface area contributed by atoms with Gasteiger partial charge < -0.3 is 0 Å². The van der Waals surface area contributed by atoms with Crippen LogP contribution in [0.25, 0.3) is 0 Å². The van der Waals surface area contributed by atoms with Gasteiger partial charge in [0.15, 0.2) is 0 Å². The Balaban J connectivity index is 2.24. The van der Waals surface area contributed by atoms with E-state index in [-0.39, 0.29) is 4.21 Å². The molecule has 1 fully saturated rings. The monoisotopic (exact) mass is 362 g/mol. The van der Waals surface area contributed by atoms with E-state index in [9.17, 15) is 13.7 Å². The summed E-state index contributed by atoms with van der Waals surface area (Å²) < 4.78 is 28.1. The van der Waals surface area contributed by atoms with Crippen LogP contribution in [0.5, 0.6) is 0 Å². The van der Waals surface area contributed by atoms with Gasteiger partial charge in [-0.1, -0.05) is 6.92 Å². The Hall–Kier alpha value is -0.420. The van der Waals surface area contributed by atoms with Crippen molar-refractivity contribution in [3.05, 3.63) is 15.9 Å². The molecule has 19 heavy (non-hydrogen) atoms. The van der Waals surface area contributed by atoms with Crippen molar-refractivity contribution in [2.24, 2.45) is 5.92 Å². The Morgan fingerprint density at radius 2 is 2.16 bits per heavy atom. The van der Waals surface area contributed by atoms with E-state index in [0.717, 1.165) is 24.2 Å². The molecule has 104 valence electrons. The SMILES string of the molecule is CC1CCC(C#N)(NS(=O)(=O)c2sccc2Br)CC1. The largest absolute Gasteiger partial charge is 0.252 e. The van der Waals surface area contributed by atoms with Gasteiger partial charge in [-0.3, -0.25) is 0 Å². The van der Waals surface area contributed by atoms with Crippen LogP contribution in [0.4, 0.5) is 0 Å². The van der Waals surface area contributed by atoms with Gasteiger partial charge in [0, 0.05) is 4.47 Å². The Morgan fingerprint density at radius 3 is 2.63 bits per heavy atom. The summed E-state index contributed by atoms with van der Waals surface area (Å²) in [6.07, 6.45) is 2.91. The molecule has 1 aromatic rings. The number of nitriles is 1. The highest BCUT2D eigenvalue weighted by atomic mass is 79.9. The molecular weight excluding hydrogens is 348 g/mol. The van der Waals surface area contributed by atoms with E-state index in [0.29, 0.717) is 23.2 Å². The zero-order valence-electron chi connectivity index (χ0n) is 10.5. The van der Waals surface area contributed by atoms with Crippen LogP contribution in [0.3, 0.4) is 0 Å². The van der Waals surface area contributed by atoms with Crippen molar-refractivity contribution in [3.8, 4) is 6.07 Å². The second-order valence-electron chi connectivity index (χ2n) is 5.04. The van der Waals surface area contributed by atoms with Crippen molar-refractivity contribution in [2.75, 3.05) is 0 Å². The third-order valence-corrected chi connectivity index (χ3v) is 7.71. The summed E-state index contributed by atoms with van der Waals surface area (Å²) >= 11 is 4.37. The van der Waals surface area contributed by atoms with Gasteiger partial charge in [0.1, 0.15) is 9.75 Å². The van der Waals surface area contributed by atoms with E-state index in [2.05, 4.69) is 33.6 Å². The zero-order valence-corrected chi connectivity index (χ0v) is 13.7. The van der Waals surface area contributed by atoms with E-state index < -0.39 is 15.6 Å². The smallest absolute Gasteiger partial charge is 0.206 e. The van der Waals surface area contributed by atoms with Crippen molar-refractivity contribution >= 4 is 37.3 Å². The van der Waals surface area contributed by atoms with Crippen molar-refractivity contribution in [1.29, 1.82) is 5.26 Å². The number of thiophene rings is 1. The number of hydrogen-bond acceptors (Lipinski definition) is 4. The molecule has 1 N–H and O–H groups in total. The third-order valence-electron chi connectivity index (χ3n) is 3.50. The lowest BCUT2D eigenvalue weighted by Gasteiger charge is -2.33. The van der Waals surface area contributed by atoms with Crippen LogP contribution in [-0.4, -0.2) is 14.0 Å². The molecule has 0 saturated heterocycles. The van der Waals surface area contributed by atoms with Crippen molar-refractivity contribution in [1.82, 2.24) is 4.72 Å². The Labute approximate surface area is 126 Å². The van der Waals surface area contributed by atoms with Gasteiger partial charge >= 0.3 is 0 Å². The Kier molecular flexibility index (Phi) is 4.35. The molecule has 0 aromatic carbocycles. The van der Waals surface area contributed by atoms with Gasteiger partial charge in [0.05, 0.1) is 6.07 Å². The molecule has 0 aliphatic heterocycles. The first-order chi connectivity index (χ1) is 8.88. The molecule has 0 unspecified atom stereocenters. The summed E-state index contributed by atoms with van der Waals surface area (Å²) in [6, 6.07) is 3.87. The van der Waals surface area contributed by atoms with E-state index in [1.54, 1.807) is 11.4 Å². The first-order valence-corrected chi connectivity index (χ1v) is 9.22. The molecule has 0 bridgehead atoms. The van der Waals surface area contributed by atoms with Gasteiger partial charge in [-0.25, -0.2) is 8.42 Å². The predicted molar refractivity (Wildman–Crippen MR) is 78.3 cm³/mol. The molecule has 1 aliphatic carbocycles. The quantitative estimate of drug-likeness (QED) is 0.896. The highest BCUT2D eigenvalue weighted by molar-refractivity contribution is 9.10. The fourth-order valence-electron chi connectivity index (χ4n) is 2.27. The minimum absolute atomic E-state index is 0.237. The minimum Gasteiger partial charge on any atom is -0.206 e. The van der Waals surface area contributed by atoms with Crippen molar-refractivity contribution in [3.63, 3.8) is 0 Å². The van der Waals surface area contributed by atoms with Crippen molar-refractivity contribution < 1.29 is 8.42 Å². The molecule has 1 aliphatic rings. The molecule has 0 radical (unpaired) electrons. The summed E-state index contributed by atoms with van der Waals surface area (Å²) in [6.45, 7) is 2.13. The maximum absolute atomic E-state index is 12.3. The van der Waals surface area contributed by atoms with Gasteiger partial charge in [0.2, 0.25) is 0 Å². The van der Waals surface area contributed by atoms with Crippen LogP contribution < -0.4 is 4.72 Å². The van der Waals surface area contributed by atoms with Gasteiger partial charge in [-0.2, -0.15) is 9.98 Å². The molecule has 7 heteroatoms. The standard InChI is InChI=1S/C12H15BrN2O2S2/c1-9-2-5-12(8-14,6-3-9)15-19(16,17)11-10(13)4-7-18-11/h4,7,9,15H,2-3,5-6H2,1H3. The van der Waals surface area contributed by atoms with Crippen LogP contribution in [0.1, 0.15) is 32.6 Å². The summed E-state index contributed by atoms with van der Waals surface area (Å²) in [5, 5.41) is 11.1. The third kappa shape index (κ3) is 3.19. The number of rotatable bonds is 3. The van der Waals surface area contributed by atoms with E-state index in [1.165, 1.54) is 0 Å². The molecule has 1 aromatic heterocycles. The first-order valence-electron chi connectivity index (χ1n) is 6.07. The molecule has 2 rings (SSSR count). The number of nitrogens with one attached hydrogen (secondary N) is 1. The fraction of sp³-hybridized carbons (Fsp3) is 0.583. The van der Waals surface area contributed by atoms with E-state index in [1.807, 2.05) is 0 Å². The predicted octanol–water partition coefficient (Wildman–Crippen LogP) is 3.26. The lowest BCUT2D eigenvalue weighted by Crippen LogP contribution is -2.49. The second-order valence-corrected chi connectivity index (χ2v) is 8.69. The molecule has 0 spiro atoms. The summed E-state index contributed by atoms with van der Waals surface area (Å²) in [7, 11) is -3.64. The molecule has 0 atom stereocenters. The van der Waals surface area contributed by atoms with Crippen LogP contribution in [-0.2, 0) is 10.0 Å². The lowest BCUT2D eigenvalue weighted by atomic mass is 9.79. The maximum atomic E-state index is 12.3. The topological polar surface area (TPSA) is 70.0 Å².